The van der Waals surface area contributed by atoms with Gasteiger partial charge in [0.25, 0.3) is 0 Å². The number of para-hydroxylation sites is 1. The smallest absolute Gasteiger partial charge is 0.0797 e. The standard InChI is InChI=1S/C19H22N2S/c1-2-19-10-5-12-21-13-9-15(18(19)21)14-6-3-4-7-16(14)20-17(22)8-11-19/h3-4,6-7,9,13H,2,5,8,10-12H2,1H3,(H,20,22)/t19-/m1/s1. The summed E-state index contributed by atoms with van der Waals surface area (Å²) in [5, 5.41) is 3.48. The molecule has 0 amide bonds. The van der Waals surface area contributed by atoms with Crippen molar-refractivity contribution in [1.29, 1.82) is 0 Å². The molecule has 0 unspecified atom stereocenters. The van der Waals surface area contributed by atoms with Crippen molar-refractivity contribution in [3.63, 3.8) is 0 Å². The van der Waals surface area contributed by atoms with E-state index in [-0.39, 0.29) is 5.41 Å². The van der Waals surface area contributed by atoms with E-state index in [1.807, 2.05) is 0 Å². The van der Waals surface area contributed by atoms with E-state index < -0.39 is 0 Å². The summed E-state index contributed by atoms with van der Waals surface area (Å²) in [5.41, 5.74) is 5.66. The minimum atomic E-state index is 0.278. The van der Waals surface area contributed by atoms with Crippen LogP contribution < -0.4 is 5.32 Å². The van der Waals surface area contributed by atoms with Gasteiger partial charge in [0, 0.05) is 40.7 Å². The summed E-state index contributed by atoms with van der Waals surface area (Å²) in [7, 11) is 0. The first-order valence-corrected chi connectivity index (χ1v) is 8.73. The molecule has 2 aliphatic heterocycles. The lowest BCUT2D eigenvalue weighted by Crippen LogP contribution is -2.33. The topological polar surface area (TPSA) is 17.0 Å². The molecule has 1 aromatic carbocycles. The van der Waals surface area contributed by atoms with Crippen molar-refractivity contribution >= 4 is 22.9 Å². The molecular formula is C19H22N2S. The zero-order chi connectivity index (χ0) is 15.2. The predicted octanol–water partition coefficient (Wildman–Crippen LogP) is 5.13. The van der Waals surface area contributed by atoms with Crippen LogP contribution in [0.25, 0.3) is 11.1 Å². The molecule has 4 rings (SSSR count). The largest absolute Gasteiger partial charge is 0.350 e. The first-order valence-electron chi connectivity index (χ1n) is 8.32. The monoisotopic (exact) mass is 310 g/mol. The second-order valence-electron chi connectivity index (χ2n) is 6.60. The number of thiocarbonyl (C=S) groups is 1. The molecule has 1 atom stereocenters. The van der Waals surface area contributed by atoms with Gasteiger partial charge in [-0.15, -0.1) is 0 Å². The molecule has 1 aromatic heterocycles. The Labute approximate surface area is 137 Å². The highest BCUT2D eigenvalue weighted by molar-refractivity contribution is 7.80. The molecule has 1 N–H and O–H groups in total. The van der Waals surface area contributed by atoms with Crippen LogP contribution in [0.1, 0.15) is 44.7 Å². The van der Waals surface area contributed by atoms with Gasteiger partial charge < -0.3 is 9.88 Å². The number of nitrogens with one attached hydrogen (secondary N) is 1. The third-order valence-electron chi connectivity index (χ3n) is 5.52. The average Bonchev–Trinajstić information content (AvgIpc) is 2.99. The highest BCUT2D eigenvalue weighted by atomic mass is 32.1. The van der Waals surface area contributed by atoms with Crippen molar-refractivity contribution in [3.8, 4) is 11.1 Å². The quantitative estimate of drug-likeness (QED) is 0.735. The van der Waals surface area contributed by atoms with Crippen molar-refractivity contribution in [2.24, 2.45) is 0 Å². The molecule has 0 aliphatic carbocycles. The highest BCUT2D eigenvalue weighted by Crippen LogP contribution is 2.47. The Morgan fingerprint density at radius 1 is 1.18 bits per heavy atom. The van der Waals surface area contributed by atoms with Crippen LogP contribution >= 0.6 is 12.2 Å². The molecule has 22 heavy (non-hydrogen) atoms. The molecule has 2 aromatic rings. The fourth-order valence-corrected chi connectivity index (χ4v) is 4.54. The summed E-state index contributed by atoms with van der Waals surface area (Å²) >= 11 is 5.61. The Morgan fingerprint density at radius 3 is 2.91 bits per heavy atom. The Bertz CT molecular complexity index is 731. The number of benzene rings is 1. The molecule has 0 radical (unpaired) electrons. The zero-order valence-electron chi connectivity index (χ0n) is 13.1. The fourth-order valence-electron chi connectivity index (χ4n) is 4.33. The number of fused-ring (bicyclic) bond motifs is 2. The third kappa shape index (κ3) is 2.03. The number of aryl methyl sites for hydroxylation is 1. The number of hydrogen-bond donors (Lipinski definition) is 1. The van der Waals surface area contributed by atoms with Crippen LogP contribution in [0.2, 0.25) is 0 Å². The molecule has 0 saturated carbocycles. The van der Waals surface area contributed by atoms with Gasteiger partial charge in [0.15, 0.2) is 0 Å². The molecule has 2 nitrogen and oxygen atoms in total. The van der Waals surface area contributed by atoms with Gasteiger partial charge in [-0.3, -0.25) is 0 Å². The molecule has 0 bridgehead atoms. The summed E-state index contributed by atoms with van der Waals surface area (Å²) in [5.74, 6) is 0. The van der Waals surface area contributed by atoms with Crippen molar-refractivity contribution in [1.82, 2.24) is 4.57 Å². The maximum atomic E-state index is 5.61. The Kier molecular flexibility index (Phi) is 3.33. The van der Waals surface area contributed by atoms with Crippen LogP contribution in [-0.2, 0) is 12.0 Å². The van der Waals surface area contributed by atoms with Crippen LogP contribution in [0.5, 0.6) is 0 Å². The maximum absolute atomic E-state index is 5.61. The lowest BCUT2D eigenvalue weighted by atomic mass is 9.71. The zero-order valence-corrected chi connectivity index (χ0v) is 13.9. The molecule has 0 spiro atoms. The second kappa shape index (κ2) is 5.24. The number of aromatic nitrogens is 1. The van der Waals surface area contributed by atoms with Crippen molar-refractivity contribution in [2.75, 3.05) is 5.32 Å². The van der Waals surface area contributed by atoms with E-state index in [1.54, 1.807) is 5.69 Å². The summed E-state index contributed by atoms with van der Waals surface area (Å²) in [6.45, 7) is 3.49. The molecule has 3 heteroatoms. The van der Waals surface area contributed by atoms with E-state index in [4.69, 9.17) is 12.2 Å². The predicted molar refractivity (Wildman–Crippen MR) is 96.5 cm³/mol. The third-order valence-corrected chi connectivity index (χ3v) is 5.83. The fraction of sp³-hybridized carbons (Fsp3) is 0.421. The van der Waals surface area contributed by atoms with E-state index in [9.17, 15) is 0 Å². The minimum Gasteiger partial charge on any atom is -0.350 e. The number of hydrogen-bond acceptors (Lipinski definition) is 1. The highest BCUT2D eigenvalue weighted by Gasteiger charge is 2.38. The normalized spacial score (nSPS) is 23.6. The second-order valence-corrected chi connectivity index (χ2v) is 7.10. The molecule has 0 saturated heterocycles. The molecule has 0 fully saturated rings. The maximum Gasteiger partial charge on any atom is 0.0797 e. The summed E-state index contributed by atoms with van der Waals surface area (Å²) in [4.78, 5) is 0.975. The van der Waals surface area contributed by atoms with Gasteiger partial charge >= 0.3 is 0 Å². The molecule has 3 heterocycles. The van der Waals surface area contributed by atoms with Gasteiger partial charge in [-0.1, -0.05) is 37.3 Å². The van der Waals surface area contributed by atoms with Crippen LogP contribution in [0, 0.1) is 0 Å². The number of nitrogens with zero attached hydrogens (tertiary/aromatic N) is 1. The lowest BCUT2D eigenvalue weighted by Gasteiger charge is -2.39. The van der Waals surface area contributed by atoms with Gasteiger partial charge in [0.05, 0.1) is 4.99 Å². The van der Waals surface area contributed by atoms with Crippen LogP contribution in [0.15, 0.2) is 36.5 Å². The van der Waals surface area contributed by atoms with Crippen molar-refractivity contribution in [3.05, 3.63) is 42.2 Å². The summed E-state index contributed by atoms with van der Waals surface area (Å²) in [6.07, 6.45) is 8.16. The van der Waals surface area contributed by atoms with E-state index in [0.717, 1.165) is 30.1 Å². The van der Waals surface area contributed by atoms with Gasteiger partial charge in [-0.2, -0.15) is 0 Å². The number of rotatable bonds is 1. The van der Waals surface area contributed by atoms with Gasteiger partial charge in [-0.25, -0.2) is 0 Å². The SMILES string of the molecule is CC[C@]12CCCn3ccc(c31)-c1ccccc1NC(=S)CC2. The van der Waals surface area contributed by atoms with Gasteiger partial charge in [0.2, 0.25) is 0 Å². The van der Waals surface area contributed by atoms with E-state index in [0.29, 0.717) is 0 Å². The lowest BCUT2D eigenvalue weighted by molar-refractivity contribution is 0.285. The molecule has 2 aliphatic rings. The average molecular weight is 310 g/mol. The Balaban J connectivity index is 2.00. The Hall–Kier alpha value is -1.61. The van der Waals surface area contributed by atoms with Crippen LogP contribution in [0.4, 0.5) is 5.69 Å². The van der Waals surface area contributed by atoms with E-state index >= 15 is 0 Å². The Morgan fingerprint density at radius 2 is 2.05 bits per heavy atom. The van der Waals surface area contributed by atoms with Gasteiger partial charge in [0.1, 0.15) is 0 Å². The summed E-state index contributed by atoms with van der Waals surface area (Å²) < 4.78 is 2.49. The first-order chi connectivity index (χ1) is 10.7. The number of anilines is 1. The van der Waals surface area contributed by atoms with E-state index in [2.05, 4.69) is 53.3 Å². The molecular weight excluding hydrogens is 288 g/mol. The van der Waals surface area contributed by atoms with Crippen LogP contribution in [-0.4, -0.2) is 9.56 Å². The van der Waals surface area contributed by atoms with Crippen LogP contribution in [0.3, 0.4) is 0 Å². The van der Waals surface area contributed by atoms with Crippen molar-refractivity contribution in [2.45, 2.75) is 51.0 Å². The van der Waals surface area contributed by atoms with E-state index in [1.165, 1.54) is 30.4 Å². The van der Waals surface area contributed by atoms with Gasteiger partial charge in [-0.05, 0) is 44.2 Å². The minimum absolute atomic E-state index is 0.278. The molecule has 114 valence electrons. The first kappa shape index (κ1) is 14.0. The summed E-state index contributed by atoms with van der Waals surface area (Å²) in [6, 6.07) is 10.9. The van der Waals surface area contributed by atoms with Crippen molar-refractivity contribution < 1.29 is 0 Å².